The number of ether oxygens (including phenoxy) is 4. The van der Waals surface area contributed by atoms with Crippen molar-refractivity contribution < 1.29 is 38.1 Å². The van der Waals surface area contributed by atoms with Crippen LogP contribution in [0.3, 0.4) is 0 Å². The largest absolute Gasteiger partial charge is 0.447 e. The first-order valence-corrected chi connectivity index (χ1v) is 11.7. The van der Waals surface area contributed by atoms with Crippen molar-refractivity contribution in [3.63, 3.8) is 0 Å². The van der Waals surface area contributed by atoms with E-state index in [1.54, 1.807) is 0 Å². The fourth-order valence-corrected chi connectivity index (χ4v) is 2.62. The number of aliphatic imine (C=N–C) groups is 2. The van der Waals surface area contributed by atoms with Crippen LogP contribution in [0.5, 0.6) is 0 Å². The number of nitrogens with zero attached hydrogens (tertiary/aromatic N) is 2. The molecule has 0 unspecified atom stereocenters. The standard InChI is InChI=1S/C22H38N4O8/c27-19-23-9-5-1-3-7-11-25-21(29)33-17-15-31-13-14-32-16-18-34-22(30)26-12-8-4-2-6-10-24-20-28/h1-18H2,(H,25,29)(H,26,30). The third-order valence-electron chi connectivity index (χ3n) is 4.35. The molecule has 34 heavy (non-hydrogen) atoms. The molecule has 0 aliphatic rings. The summed E-state index contributed by atoms with van der Waals surface area (Å²) >= 11 is 0. The number of unbranched alkanes of at least 4 members (excludes halogenated alkanes) is 6. The van der Waals surface area contributed by atoms with Crippen LogP contribution >= 0.6 is 0 Å². The van der Waals surface area contributed by atoms with Gasteiger partial charge in [-0.25, -0.2) is 29.2 Å². The molecule has 0 aliphatic heterocycles. The zero-order valence-electron chi connectivity index (χ0n) is 19.9. The lowest BCUT2D eigenvalue weighted by Gasteiger charge is -2.09. The molecule has 194 valence electrons. The van der Waals surface area contributed by atoms with Gasteiger partial charge in [-0.2, -0.15) is 0 Å². The Labute approximate surface area is 200 Å². The van der Waals surface area contributed by atoms with Crippen molar-refractivity contribution in [1.82, 2.24) is 10.6 Å². The molecule has 2 N–H and O–H groups in total. The van der Waals surface area contributed by atoms with Crippen LogP contribution in [0.2, 0.25) is 0 Å². The fraction of sp³-hybridized carbons (Fsp3) is 0.818. The maximum Gasteiger partial charge on any atom is 0.407 e. The van der Waals surface area contributed by atoms with E-state index >= 15 is 0 Å². The van der Waals surface area contributed by atoms with Crippen LogP contribution in [0.25, 0.3) is 0 Å². The summed E-state index contributed by atoms with van der Waals surface area (Å²) in [4.78, 5) is 49.7. The zero-order chi connectivity index (χ0) is 25.0. The molecule has 0 aromatic heterocycles. The van der Waals surface area contributed by atoms with Gasteiger partial charge in [0.1, 0.15) is 13.2 Å². The normalized spacial score (nSPS) is 10.0. The van der Waals surface area contributed by atoms with Gasteiger partial charge in [-0.3, -0.25) is 0 Å². The smallest absolute Gasteiger partial charge is 0.407 e. The summed E-state index contributed by atoms with van der Waals surface area (Å²) in [6.45, 7) is 3.55. The zero-order valence-corrected chi connectivity index (χ0v) is 19.9. The van der Waals surface area contributed by atoms with Gasteiger partial charge in [0, 0.05) is 13.1 Å². The minimum Gasteiger partial charge on any atom is -0.447 e. The molecule has 2 amide bonds. The predicted molar refractivity (Wildman–Crippen MR) is 123 cm³/mol. The molecule has 12 nitrogen and oxygen atoms in total. The second-order valence-electron chi connectivity index (χ2n) is 7.12. The molecular formula is C22H38N4O8. The molecular weight excluding hydrogens is 448 g/mol. The van der Waals surface area contributed by atoms with Gasteiger partial charge in [-0.05, 0) is 25.7 Å². The van der Waals surface area contributed by atoms with Crippen molar-refractivity contribution in [2.75, 3.05) is 65.8 Å². The molecule has 0 radical (unpaired) electrons. The highest BCUT2D eigenvalue weighted by Gasteiger charge is 2.02. The van der Waals surface area contributed by atoms with E-state index in [9.17, 15) is 19.2 Å². The van der Waals surface area contributed by atoms with Gasteiger partial charge in [0.25, 0.3) is 0 Å². The molecule has 0 rings (SSSR count). The number of alkyl carbamates (subject to hydrolysis) is 2. The van der Waals surface area contributed by atoms with Gasteiger partial charge < -0.3 is 29.6 Å². The number of isocyanates is 2. The first-order chi connectivity index (χ1) is 16.7. The second-order valence-corrected chi connectivity index (χ2v) is 7.12. The number of carbonyl (C=O) groups excluding carboxylic acids is 4. The summed E-state index contributed by atoms with van der Waals surface area (Å²) in [6.07, 6.45) is 9.16. The Kier molecular flexibility index (Phi) is 24.3. The lowest BCUT2D eigenvalue weighted by atomic mass is 10.2. The summed E-state index contributed by atoms with van der Waals surface area (Å²) in [7, 11) is 0. The van der Waals surface area contributed by atoms with E-state index in [1.807, 2.05) is 0 Å². The molecule has 0 aliphatic carbocycles. The SMILES string of the molecule is O=C=NCCCCCCNC(=O)OCCOCCOCCOC(=O)NCCCCCCN=C=O. The van der Waals surface area contributed by atoms with Gasteiger partial charge in [-0.1, -0.05) is 25.7 Å². The number of rotatable bonds is 23. The van der Waals surface area contributed by atoms with Gasteiger partial charge in [0.2, 0.25) is 12.2 Å². The van der Waals surface area contributed by atoms with E-state index in [-0.39, 0.29) is 26.4 Å². The first-order valence-electron chi connectivity index (χ1n) is 11.7. The molecule has 0 bridgehead atoms. The molecule has 0 aromatic carbocycles. The molecule has 0 saturated carbocycles. The van der Waals surface area contributed by atoms with Gasteiger partial charge in [-0.15, -0.1) is 0 Å². The van der Waals surface area contributed by atoms with Crippen molar-refractivity contribution >= 4 is 24.3 Å². The highest BCUT2D eigenvalue weighted by molar-refractivity contribution is 5.67. The topological polar surface area (TPSA) is 154 Å². The quantitative estimate of drug-likeness (QED) is 0.127. The van der Waals surface area contributed by atoms with Gasteiger partial charge in [0.15, 0.2) is 0 Å². The Morgan fingerprint density at radius 2 is 0.941 bits per heavy atom. The minimum atomic E-state index is -0.481. The summed E-state index contributed by atoms with van der Waals surface area (Å²) in [5.41, 5.74) is 0. The summed E-state index contributed by atoms with van der Waals surface area (Å²) in [6, 6.07) is 0. The van der Waals surface area contributed by atoms with E-state index in [2.05, 4.69) is 20.6 Å². The average molecular weight is 487 g/mol. The van der Waals surface area contributed by atoms with Gasteiger partial charge in [0.05, 0.1) is 39.5 Å². The Balaban J connectivity index is 3.27. The number of nitrogens with one attached hydrogen (secondary N) is 2. The van der Waals surface area contributed by atoms with E-state index in [4.69, 9.17) is 18.9 Å². The molecule has 0 heterocycles. The Morgan fingerprint density at radius 1 is 0.559 bits per heavy atom. The van der Waals surface area contributed by atoms with Crippen LogP contribution in [0.15, 0.2) is 9.98 Å². The summed E-state index contributed by atoms with van der Waals surface area (Å²) in [5.74, 6) is 0. The minimum absolute atomic E-state index is 0.144. The first kappa shape index (κ1) is 31.2. The monoisotopic (exact) mass is 486 g/mol. The van der Waals surface area contributed by atoms with Crippen molar-refractivity contribution in [3.05, 3.63) is 0 Å². The lowest BCUT2D eigenvalue weighted by Crippen LogP contribution is -2.27. The van der Waals surface area contributed by atoms with E-state index < -0.39 is 12.2 Å². The van der Waals surface area contributed by atoms with Crippen LogP contribution in [0.1, 0.15) is 51.4 Å². The third-order valence-corrected chi connectivity index (χ3v) is 4.35. The highest BCUT2D eigenvalue weighted by atomic mass is 16.6. The van der Waals surface area contributed by atoms with Crippen molar-refractivity contribution in [2.45, 2.75) is 51.4 Å². The van der Waals surface area contributed by atoms with Gasteiger partial charge >= 0.3 is 12.2 Å². The Hall–Kier alpha value is -2.78. The maximum atomic E-state index is 11.5. The molecule has 0 atom stereocenters. The van der Waals surface area contributed by atoms with Crippen LogP contribution in [-0.4, -0.2) is 90.2 Å². The van der Waals surface area contributed by atoms with E-state index in [0.717, 1.165) is 51.4 Å². The number of hydrogen-bond donors (Lipinski definition) is 2. The van der Waals surface area contributed by atoms with Crippen LogP contribution < -0.4 is 10.6 Å². The van der Waals surface area contributed by atoms with E-state index in [1.165, 1.54) is 12.2 Å². The summed E-state index contributed by atoms with van der Waals surface area (Å²) < 4.78 is 20.6. The number of amides is 2. The van der Waals surface area contributed by atoms with E-state index in [0.29, 0.717) is 39.4 Å². The third kappa shape index (κ3) is 25.5. The second kappa shape index (κ2) is 26.5. The molecule has 0 fully saturated rings. The molecule has 0 spiro atoms. The van der Waals surface area contributed by atoms with Crippen LogP contribution in [0, 0.1) is 0 Å². The highest BCUT2D eigenvalue weighted by Crippen LogP contribution is 1.99. The van der Waals surface area contributed by atoms with Crippen LogP contribution in [-0.2, 0) is 28.5 Å². The molecule has 0 saturated heterocycles. The fourth-order valence-electron chi connectivity index (χ4n) is 2.62. The maximum absolute atomic E-state index is 11.5. The van der Waals surface area contributed by atoms with Crippen molar-refractivity contribution in [2.24, 2.45) is 9.98 Å². The number of hydrogen-bond acceptors (Lipinski definition) is 10. The summed E-state index contributed by atoms with van der Waals surface area (Å²) in [5, 5.41) is 5.32. The van der Waals surface area contributed by atoms with Crippen molar-refractivity contribution in [3.8, 4) is 0 Å². The number of carbonyl (C=O) groups is 2. The predicted octanol–water partition coefficient (Wildman–Crippen LogP) is 2.26. The average Bonchev–Trinajstić information content (AvgIpc) is 2.83. The molecule has 0 aromatic rings. The molecule has 12 heteroatoms. The lowest BCUT2D eigenvalue weighted by molar-refractivity contribution is 0.0156. The van der Waals surface area contributed by atoms with Crippen molar-refractivity contribution in [1.29, 1.82) is 0 Å². The van der Waals surface area contributed by atoms with Crippen LogP contribution in [0.4, 0.5) is 9.59 Å². The Morgan fingerprint density at radius 3 is 1.35 bits per heavy atom. The Bertz CT molecular complexity index is 556.